The van der Waals surface area contributed by atoms with E-state index in [1.165, 1.54) is 0 Å². The molecule has 0 unspecified atom stereocenters. The smallest absolute Gasteiger partial charge is 0.0950 e. The van der Waals surface area contributed by atoms with Gasteiger partial charge in [0.2, 0.25) is 0 Å². The molecule has 0 saturated carbocycles. The second-order valence-corrected chi connectivity index (χ2v) is 3.27. The highest BCUT2D eigenvalue weighted by molar-refractivity contribution is 5.79. The molecule has 3 N–H and O–H groups in total. The first-order chi connectivity index (χ1) is 6.09. The van der Waals surface area contributed by atoms with E-state index in [0.29, 0.717) is 6.42 Å². The van der Waals surface area contributed by atoms with Crippen LogP contribution in [0.5, 0.6) is 0 Å². The first-order valence-electron chi connectivity index (χ1n) is 4.19. The lowest BCUT2D eigenvalue weighted by atomic mass is 10.1. The van der Waals surface area contributed by atoms with E-state index in [2.05, 4.69) is 0 Å². The van der Waals surface area contributed by atoms with Gasteiger partial charge < -0.3 is 10.6 Å². The Balaban J connectivity index is 2.85. The van der Waals surface area contributed by atoms with Crippen molar-refractivity contribution in [3.05, 3.63) is 29.8 Å². The minimum absolute atomic E-state index is 0.205. The third-order valence-electron chi connectivity index (χ3n) is 1.82. The predicted molar refractivity (Wildman–Crippen MR) is 56.4 cm³/mol. The van der Waals surface area contributed by atoms with E-state index in [1.54, 1.807) is 0 Å². The Labute approximate surface area is 78.7 Å². The molecule has 3 heteroatoms. The van der Waals surface area contributed by atoms with E-state index < -0.39 is 0 Å². The second-order valence-electron chi connectivity index (χ2n) is 3.27. The molecule has 0 heterocycles. The van der Waals surface area contributed by atoms with Gasteiger partial charge in [-0.1, -0.05) is 12.1 Å². The molecule has 0 radical (unpaired) electrons. The van der Waals surface area contributed by atoms with Gasteiger partial charge in [-0.2, -0.15) is 0 Å². The molecular formula is C10H15N3. The summed E-state index contributed by atoms with van der Waals surface area (Å²) in [5, 5.41) is 7.17. The Hall–Kier alpha value is -1.51. The molecule has 0 amide bonds. The molecule has 0 aromatic heterocycles. The molecule has 0 saturated heterocycles. The van der Waals surface area contributed by atoms with Crippen LogP contribution in [0, 0.1) is 5.41 Å². The van der Waals surface area contributed by atoms with Crippen LogP contribution >= 0.6 is 0 Å². The second kappa shape index (κ2) is 3.94. The van der Waals surface area contributed by atoms with Gasteiger partial charge in [-0.15, -0.1) is 0 Å². The fourth-order valence-corrected chi connectivity index (χ4v) is 1.16. The Morgan fingerprint density at radius 1 is 1.46 bits per heavy atom. The zero-order chi connectivity index (χ0) is 9.84. The van der Waals surface area contributed by atoms with Gasteiger partial charge >= 0.3 is 0 Å². The number of amidine groups is 1. The Morgan fingerprint density at radius 2 is 2.15 bits per heavy atom. The average Bonchev–Trinajstić information content (AvgIpc) is 2.03. The van der Waals surface area contributed by atoms with Crippen molar-refractivity contribution in [2.24, 2.45) is 5.73 Å². The summed E-state index contributed by atoms with van der Waals surface area (Å²) in [6.07, 6.45) is 0.529. The quantitative estimate of drug-likeness (QED) is 0.539. The molecule has 70 valence electrons. The molecule has 0 atom stereocenters. The van der Waals surface area contributed by atoms with Crippen molar-refractivity contribution in [2.45, 2.75) is 6.42 Å². The van der Waals surface area contributed by atoms with Crippen LogP contribution in [-0.2, 0) is 6.42 Å². The molecule has 3 nitrogen and oxygen atoms in total. The molecule has 0 bridgehead atoms. The van der Waals surface area contributed by atoms with E-state index in [0.717, 1.165) is 11.3 Å². The van der Waals surface area contributed by atoms with Crippen molar-refractivity contribution < 1.29 is 0 Å². The van der Waals surface area contributed by atoms with E-state index in [9.17, 15) is 0 Å². The van der Waals surface area contributed by atoms with Gasteiger partial charge in [0.1, 0.15) is 0 Å². The number of hydrogen-bond acceptors (Lipinski definition) is 2. The lowest BCUT2D eigenvalue weighted by Crippen LogP contribution is -2.13. The first-order valence-corrected chi connectivity index (χ1v) is 4.19. The van der Waals surface area contributed by atoms with Crippen molar-refractivity contribution in [1.82, 2.24) is 0 Å². The highest BCUT2D eigenvalue weighted by Crippen LogP contribution is 2.13. The van der Waals surface area contributed by atoms with Crippen molar-refractivity contribution >= 4 is 11.5 Å². The van der Waals surface area contributed by atoms with E-state index in [1.807, 2.05) is 43.3 Å². The highest BCUT2D eigenvalue weighted by atomic mass is 15.1. The maximum Gasteiger partial charge on any atom is 0.0950 e. The fraction of sp³-hybridized carbons (Fsp3) is 0.300. The largest absolute Gasteiger partial charge is 0.387 e. The zero-order valence-corrected chi connectivity index (χ0v) is 8.04. The number of nitrogens with one attached hydrogen (secondary N) is 1. The van der Waals surface area contributed by atoms with Gasteiger partial charge in [0, 0.05) is 26.2 Å². The molecule has 0 aliphatic rings. The lowest BCUT2D eigenvalue weighted by molar-refractivity contribution is 1.12. The number of anilines is 1. The maximum absolute atomic E-state index is 7.17. The summed E-state index contributed by atoms with van der Waals surface area (Å²) in [6, 6.07) is 8.03. The SMILES string of the molecule is CN(C)c1cccc(CC(=N)N)c1. The van der Waals surface area contributed by atoms with Gasteiger partial charge in [-0.3, -0.25) is 5.41 Å². The van der Waals surface area contributed by atoms with Gasteiger partial charge in [0.05, 0.1) is 5.84 Å². The summed E-state index contributed by atoms with van der Waals surface area (Å²) in [5.74, 6) is 0.205. The minimum atomic E-state index is 0.205. The van der Waals surface area contributed by atoms with Gasteiger partial charge in [0.15, 0.2) is 0 Å². The summed E-state index contributed by atoms with van der Waals surface area (Å²) in [6.45, 7) is 0. The predicted octanol–water partition coefficient (Wildman–Crippen LogP) is 1.23. The zero-order valence-electron chi connectivity index (χ0n) is 8.04. The standard InChI is InChI=1S/C10H15N3/c1-13(2)9-5-3-4-8(6-9)7-10(11)12/h3-6H,7H2,1-2H3,(H3,11,12). The Kier molecular flexibility index (Phi) is 2.90. The maximum atomic E-state index is 7.17. The molecule has 13 heavy (non-hydrogen) atoms. The highest BCUT2D eigenvalue weighted by Gasteiger charge is 1.98. The Morgan fingerprint density at radius 3 is 2.69 bits per heavy atom. The van der Waals surface area contributed by atoms with E-state index >= 15 is 0 Å². The van der Waals surface area contributed by atoms with Crippen molar-refractivity contribution in [3.63, 3.8) is 0 Å². The van der Waals surface area contributed by atoms with Crippen LogP contribution < -0.4 is 10.6 Å². The van der Waals surface area contributed by atoms with Crippen molar-refractivity contribution in [2.75, 3.05) is 19.0 Å². The molecule has 0 spiro atoms. The first kappa shape index (κ1) is 9.58. The minimum Gasteiger partial charge on any atom is -0.387 e. The van der Waals surface area contributed by atoms with E-state index in [-0.39, 0.29) is 5.84 Å². The normalized spacial score (nSPS) is 9.69. The van der Waals surface area contributed by atoms with Gasteiger partial charge in [0.25, 0.3) is 0 Å². The third-order valence-corrected chi connectivity index (χ3v) is 1.82. The van der Waals surface area contributed by atoms with Crippen LogP contribution in [0.1, 0.15) is 5.56 Å². The lowest BCUT2D eigenvalue weighted by Gasteiger charge is -2.13. The summed E-state index contributed by atoms with van der Waals surface area (Å²) in [7, 11) is 3.99. The van der Waals surface area contributed by atoms with Crippen LogP contribution in [0.25, 0.3) is 0 Å². The summed E-state index contributed by atoms with van der Waals surface area (Å²) < 4.78 is 0. The fourth-order valence-electron chi connectivity index (χ4n) is 1.16. The topological polar surface area (TPSA) is 53.1 Å². The number of rotatable bonds is 3. The summed E-state index contributed by atoms with van der Waals surface area (Å²) >= 11 is 0. The molecule has 1 rings (SSSR count). The molecule has 0 aliphatic carbocycles. The Bertz CT molecular complexity index is 305. The number of benzene rings is 1. The summed E-state index contributed by atoms with van der Waals surface area (Å²) in [5.41, 5.74) is 7.54. The summed E-state index contributed by atoms with van der Waals surface area (Å²) in [4.78, 5) is 2.03. The molecule has 1 aromatic carbocycles. The molecule has 0 aliphatic heterocycles. The van der Waals surface area contributed by atoms with Crippen molar-refractivity contribution in [3.8, 4) is 0 Å². The van der Waals surface area contributed by atoms with Crippen molar-refractivity contribution in [1.29, 1.82) is 5.41 Å². The molecule has 0 fully saturated rings. The number of nitrogens with zero attached hydrogens (tertiary/aromatic N) is 1. The third kappa shape index (κ3) is 2.78. The van der Waals surface area contributed by atoms with Crippen LogP contribution in [0.4, 0.5) is 5.69 Å². The van der Waals surface area contributed by atoms with Crippen LogP contribution in [0.3, 0.4) is 0 Å². The number of nitrogens with two attached hydrogens (primary N) is 1. The van der Waals surface area contributed by atoms with Gasteiger partial charge in [-0.05, 0) is 17.7 Å². The van der Waals surface area contributed by atoms with Crippen LogP contribution in [0.15, 0.2) is 24.3 Å². The van der Waals surface area contributed by atoms with E-state index in [4.69, 9.17) is 11.1 Å². The molecule has 1 aromatic rings. The molecular weight excluding hydrogens is 162 g/mol. The monoisotopic (exact) mass is 177 g/mol. The van der Waals surface area contributed by atoms with Crippen LogP contribution in [0.2, 0.25) is 0 Å². The average molecular weight is 177 g/mol. The van der Waals surface area contributed by atoms with Gasteiger partial charge in [-0.25, -0.2) is 0 Å². The number of hydrogen-bond donors (Lipinski definition) is 2. The van der Waals surface area contributed by atoms with Crippen LogP contribution in [-0.4, -0.2) is 19.9 Å².